The van der Waals surface area contributed by atoms with E-state index in [0.29, 0.717) is 13.0 Å². The fraction of sp³-hybridized carbons (Fsp3) is 0.800. The van der Waals surface area contributed by atoms with E-state index in [4.69, 9.17) is 0 Å². The van der Waals surface area contributed by atoms with E-state index in [1.165, 1.54) is 0 Å². The number of halogens is 1. The fourth-order valence-corrected chi connectivity index (χ4v) is 0.782. The van der Waals surface area contributed by atoms with Crippen LogP contribution in [0.4, 0.5) is 4.39 Å². The summed E-state index contributed by atoms with van der Waals surface area (Å²) in [6, 6.07) is -0.356. The van der Waals surface area contributed by atoms with E-state index in [1.54, 1.807) is 6.29 Å². The highest BCUT2D eigenvalue weighted by atomic mass is 19.1. The average molecular weight is 116 g/mol. The van der Waals surface area contributed by atoms with Gasteiger partial charge in [-0.05, 0) is 0 Å². The van der Waals surface area contributed by atoms with Crippen molar-refractivity contribution < 1.29 is 9.18 Å². The van der Waals surface area contributed by atoms with Crippen molar-refractivity contribution in [1.82, 2.24) is 5.32 Å². The topological polar surface area (TPSA) is 29.1 Å². The Hall–Kier alpha value is -0.440. The first-order chi connectivity index (χ1) is 3.83. The number of hydrogen-bond acceptors (Lipinski definition) is 2. The normalized spacial score (nSPS) is 37.6. The third-order valence-corrected chi connectivity index (χ3v) is 1.22. The largest absolute Gasteiger partial charge is 0.304 e. The second-order valence-corrected chi connectivity index (χ2v) is 1.91. The minimum absolute atomic E-state index is 0.295. The molecule has 0 aromatic heterocycles. The van der Waals surface area contributed by atoms with Crippen LogP contribution in [0.25, 0.3) is 0 Å². The van der Waals surface area contributed by atoms with Gasteiger partial charge in [0.25, 0.3) is 0 Å². The zero-order chi connectivity index (χ0) is 5.98. The quantitative estimate of drug-likeness (QED) is 0.514. The first kappa shape index (κ1) is 5.69. The molecule has 0 unspecified atom stereocenters. The van der Waals surface area contributed by atoms with E-state index in [-0.39, 0.29) is 6.04 Å². The van der Waals surface area contributed by atoms with E-state index in [1.807, 2.05) is 0 Å². The lowest BCUT2D eigenvalue weighted by Crippen LogP contribution is -2.22. The molecule has 0 aliphatic carbocycles. The summed E-state index contributed by atoms with van der Waals surface area (Å²) in [5.74, 6) is 0. The summed E-state index contributed by atoms with van der Waals surface area (Å²) in [4.78, 5) is 9.80. The van der Waals surface area contributed by atoms with Gasteiger partial charge in [0, 0.05) is 13.0 Å². The molecule has 0 aromatic carbocycles. The molecule has 1 heterocycles. The smallest absolute Gasteiger partial charge is 0.216 e. The summed E-state index contributed by atoms with van der Waals surface area (Å²) >= 11 is 0. The third-order valence-electron chi connectivity index (χ3n) is 1.22. The molecule has 0 aromatic rings. The van der Waals surface area contributed by atoms with E-state index in [0.717, 1.165) is 0 Å². The van der Waals surface area contributed by atoms with Crippen molar-refractivity contribution >= 4 is 6.29 Å². The zero-order valence-corrected chi connectivity index (χ0v) is 4.36. The van der Waals surface area contributed by atoms with Crippen molar-refractivity contribution in [2.75, 3.05) is 6.54 Å². The maximum atomic E-state index is 12.1. The second kappa shape index (κ2) is 2.22. The molecule has 1 radical (unpaired) electrons. The molecular weight excluding hydrogens is 109 g/mol. The Labute approximate surface area is 47.1 Å². The lowest BCUT2D eigenvalue weighted by Gasteiger charge is -1.92. The zero-order valence-electron chi connectivity index (χ0n) is 4.36. The van der Waals surface area contributed by atoms with Crippen LogP contribution in [0.2, 0.25) is 0 Å². The van der Waals surface area contributed by atoms with Crippen molar-refractivity contribution in [1.29, 1.82) is 0 Å². The van der Waals surface area contributed by atoms with E-state index in [2.05, 4.69) is 5.32 Å². The van der Waals surface area contributed by atoms with Crippen molar-refractivity contribution in [3.8, 4) is 0 Å². The van der Waals surface area contributed by atoms with Gasteiger partial charge in [-0.2, -0.15) is 0 Å². The van der Waals surface area contributed by atoms with Gasteiger partial charge in [0.15, 0.2) is 0 Å². The number of alkyl halides is 1. The number of nitrogens with one attached hydrogen (secondary N) is 1. The van der Waals surface area contributed by atoms with E-state index < -0.39 is 6.17 Å². The molecule has 1 saturated heterocycles. The average Bonchev–Trinajstić information content (AvgIpc) is 2.14. The van der Waals surface area contributed by atoms with Gasteiger partial charge in [-0.3, -0.25) is 4.79 Å². The minimum Gasteiger partial charge on any atom is -0.304 e. The summed E-state index contributed by atoms with van der Waals surface area (Å²) in [6.07, 6.45) is 1.14. The molecule has 1 fully saturated rings. The molecular formula is C5H7FNO. The SMILES string of the molecule is O=[C][C@@H]1C[C@H](F)CN1. The number of carbonyl (C=O) groups excluding carboxylic acids is 1. The third kappa shape index (κ3) is 1.04. The first-order valence-corrected chi connectivity index (χ1v) is 2.58. The van der Waals surface area contributed by atoms with Gasteiger partial charge in [-0.1, -0.05) is 0 Å². The molecule has 2 nitrogen and oxygen atoms in total. The van der Waals surface area contributed by atoms with Crippen LogP contribution in [0.1, 0.15) is 6.42 Å². The Morgan fingerprint density at radius 3 is 2.75 bits per heavy atom. The van der Waals surface area contributed by atoms with E-state index >= 15 is 0 Å². The second-order valence-electron chi connectivity index (χ2n) is 1.91. The molecule has 0 saturated carbocycles. The van der Waals surface area contributed by atoms with Crippen LogP contribution in [-0.4, -0.2) is 25.0 Å². The Morgan fingerprint density at radius 1 is 1.75 bits per heavy atom. The van der Waals surface area contributed by atoms with Crippen molar-refractivity contribution in [3.63, 3.8) is 0 Å². The van der Waals surface area contributed by atoms with E-state index in [9.17, 15) is 9.18 Å². The van der Waals surface area contributed by atoms with Crippen LogP contribution in [0.15, 0.2) is 0 Å². The van der Waals surface area contributed by atoms with Crippen LogP contribution >= 0.6 is 0 Å². The molecule has 8 heavy (non-hydrogen) atoms. The molecule has 1 aliphatic rings. The standard InChI is InChI=1S/C5H7FNO/c6-4-1-5(3-8)7-2-4/h4-5,7H,1-2H2/t4-,5-/m0/s1. The van der Waals surface area contributed by atoms with Gasteiger partial charge in [0.2, 0.25) is 6.29 Å². The van der Waals surface area contributed by atoms with Crippen molar-refractivity contribution in [3.05, 3.63) is 0 Å². The Balaban J connectivity index is 2.32. The minimum atomic E-state index is -0.846. The summed E-state index contributed by atoms with van der Waals surface area (Å²) in [5, 5.41) is 2.66. The van der Waals surface area contributed by atoms with Gasteiger partial charge in [-0.25, -0.2) is 4.39 Å². The molecule has 45 valence electrons. The summed E-state index contributed by atoms with van der Waals surface area (Å²) in [7, 11) is 0. The maximum absolute atomic E-state index is 12.1. The Morgan fingerprint density at radius 2 is 2.50 bits per heavy atom. The van der Waals surface area contributed by atoms with Gasteiger partial charge in [0.05, 0.1) is 6.04 Å². The molecule has 2 atom stereocenters. The fourth-order valence-electron chi connectivity index (χ4n) is 0.782. The van der Waals surface area contributed by atoms with Crippen LogP contribution in [0, 0.1) is 0 Å². The molecule has 0 amide bonds. The van der Waals surface area contributed by atoms with Crippen LogP contribution < -0.4 is 5.32 Å². The molecule has 1 N–H and O–H groups in total. The molecule has 3 heteroatoms. The predicted molar refractivity (Wildman–Crippen MR) is 27.0 cm³/mol. The predicted octanol–water partition coefficient (Wildman–Crippen LogP) is -0.204. The summed E-state index contributed by atoms with van der Waals surface area (Å²) in [6.45, 7) is 0.305. The highest BCUT2D eigenvalue weighted by Crippen LogP contribution is 2.06. The van der Waals surface area contributed by atoms with Gasteiger partial charge >= 0.3 is 0 Å². The number of hydrogen-bond donors (Lipinski definition) is 1. The Kier molecular flexibility index (Phi) is 1.58. The first-order valence-electron chi connectivity index (χ1n) is 2.58. The number of rotatable bonds is 1. The molecule has 1 rings (SSSR count). The monoisotopic (exact) mass is 116 g/mol. The van der Waals surface area contributed by atoms with Crippen LogP contribution in [0.3, 0.4) is 0 Å². The maximum Gasteiger partial charge on any atom is 0.216 e. The van der Waals surface area contributed by atoms with Gasteiger partial charge < -0.3 is 5.32 Å². The van der Waals surface area contributed by atoms with Gasteiger partial charge in [0.1, 0.15) is 6.17 Å². The molecule has 1 aliphatic heterocycles. The van der Waals surface area contributed by atoms with Crippen LogP contribution in [-0.2, 0) is 4.79 Å². The van der Waals surface area contributed by atoms with Crippen molar-refractivity contribution in [2.45, 2.75) is 18.6 Å². The molecule has 0 spiro atoms. The molecule has 0 bridgehead atoms. The highest BCUT2D eigenvalue weighted by molar-refractivity contribution is 5.59. The van der Waals surface area contributed by atoms with Crippen molar-refractivity contribution in [2.24, 2.45) is 0 Å². The summed E-state index contributed by atoms with van der Waals surface area (Å²) < 4.78 is 12.1. The lowest BCUT2D eigenvalue weighted by atomic mass is 10.2. The van der Waals surface area contributed by atoms with Crippen LogP contribution in [0.5, 0.6) is 0 Å². The lowest BCUT2D eigenvalue weighted by molar-refractivity contribution is 0.358. The van der Waals surface area contributed by atoms with Gasteiger partial charge in [-0.15, -0.1) is 0 Å². The Bertz CT molecular complexity index is 96.4. The highest BCUT2D eigenvalue weighted by Gasteiger charge is 2.22. The summed E-state index contributed by atoms with van der Waals surface area (Å²) in [5.41, 5.74) is 0.